The molecule has 0 unspecified atom stereocenters. The Morgan fingerprint density at radius 3 is 3.00 bits per heavy atom. The van der Waals surface area contributed by atoms with E-state index in [1.54, 1.807) is 6.26 Å². The first-order valence-corrected chi connectivity index (χ1v) is 4.14. The molecule has 4 nitrogen and oxygen atoms in total. The van der Waals surface area contributed by atoms with Crippen LogP contribution in [0, 0.1) is 0 Å². The van der Waals surface area contributed by atoms with Crippen molar-refractivity contribution in [1.82, 2.24) is 10.1 Å². The summed E-state index contributed by atoms with van der Waals surface area (Å²) in [4.78, 5) is 3.96. The number of furan rings is 1. The molecule has 0 radical (unpaired) electrons. The first-order chi connectivity index (χ1) is 5.84. The number of nitrogens with zero attached hydrogens (tertiary/aromatic N) is 2. The second-order valence-corrected chi connectivity index (χ2v) is 2.92. The van der Waals surface area contributed by atoms with Gasteiger partial charge in [0.2, 0.25) is 10.6 Å². The van der Waals surface area contributed by atoms with E-state index in [4.69, 9.17) is 8.94 Å². The summed E-state index contributed by atoms with van der Waals surface area (Å²) < 4.78 is 10.4. The van der Waals surface area contributed by atoms with Crippen molar-refractivity contribution in [2.24, 2.45) is 0 Å². The molecule has 2 heterocycles. The van der Waals surface area contributed by atoms with Crippen molar-refractivity contribution in [3.8, 4) is 0 Å². The van der Waals surface area contributed by atoms with Crippen LogP contribution >= 0.6 is 15.9 Å². The van der Waals surface area contributed by atoms with E-state index < -0.39 is 0 Å². The fraction of sp³-hybridized carbons (Fsp3) is 0.143. The number of aromatic nitrogens is 2. The Hall–Kier alpha value is -1.10. The Labute approximate surface area is 76.7 Å². The summed E-state index contributed by atoms with van der Waals surface area (Å²) in [5.74, 6) is 1.35. The lowest BCUT2D eigenvalue weighted by Crippen LogP contribution is -1.84. The molecule has 0 fully saturated rings. The quantitative estimate of drug-likeness (QED) is 0.790. The SMILES string of the molecule is Brc1noc(Cc2ccco2)n1. The second kappa shape index (κ2) is 3.10. The van der Waals surface area contributed by atoms with Gasteiger partial charge in [0.05, 0.1) is 12.7 Å². The van der Waals surface area contributed by atoms with E-state index in [1.807, 2.05) is 12.1 Å². The first kappa shape index (κ1) is 7.54. The monoisotopic (exact) mass is 228 g/mol. The van der Waals surface area contributed by atoms with Gasteiger partial charge in [-0.1, -0.05) is 0 Å². The molecule has 2 rings (SSSR count). The maximum absolute atomic E-state index is 5.10. The molecule has 0 N–H and O–H groups in total. The van der Waals surface area contributed by atoms with Crippen molar-refractivity contribution in [3.05, 3.63) is 34.8 Å². The standard InChI is InChI=1S/C7H5BrN2O2/c8-7-9-6(12-10-7)4-5-2-1-3-11-5/h1-3H,4H2. The third-order valence-corrected chi connectivity index (χ3v) is 1.67. The van der Waals surface area contributed by atoms with Gasteiger partial charge in [-0.05, 0) is 33.2 Å². The Bertz CT molecular complexity index is 355. The van der Waals surface area contributed by atoms with Gasteiger partial charge in [0.15, 0.2) is 0 Å². The van der Waals surface area contributed by atoms with E-state index in [0.717, 1.165) is 5.76 Å². The van der Waals surface area contributed by atoms with Crippen LogP contribution in [0.5, 0.6) is 0 Å². The average molecular weight is 229 g/mol. The van der Waals surface area contributed by atoms with Crippen molar-refractivity contribution in [2.45, 2.75) is 6.42 Å². The predicted molar refractivity (Wildman–Crippen MR) is 43.5 cm³/mol. The molecular formula is C7H5BrN2O2. The normalized spacial score (nSPS) is 10.4. The summed E-state index contributed by atoms with van der Waals surface area (Å²) in [6.45, 7) is 0. The number of hydrogen-bond acceptors (Lipinski definition) is 4. The van der Waals surface area contributed by atoms with Crippen LogP contribution in [0.1, 0.15) is 11.7 Å². The van der Waals surface area contributed by atoms with E-state index in [2.05, 4.69) is 26.1 Å². The third kappa shape index (κ3) is 1.55. The third-order valence-electron chi connectivity index (χ3n) is 1.35. The van der Waals surface area contributed by atoms with Crippen LogP contribution in [0.3, 0.4) is 0 Å². The molecule has 0 aliphatic heterocycles. The highest BCUT2D eigenvalue weighted by Gasteiger charge is 2.05. The minimum absolute atomic E-state index is 0.462. The van der Waals surface area contributed by atoms with Crippen LogP contribution in [0.15, 0.2) is 32.1 Å². The lowest BCUT2D eigenvalue weighted by molar-refractivity contribution is 0.372. The Kier molecular flexibility index (Phi) is 1.95. The molecule has 5 heteroatoms. The van der Waals surface area contributed by atoms with Gasteiger partial charge in [-0.15, -0.1) is 0 Å². The fourth-order valence-corrected chi connectivity index (χ4v) is 1.14. The first-order valence-electron chi connectivity index (χ1n) is 3.35. The summed E-state index contributed by atoms with van der Waals surface area (Å²) in [5.41, 5.74) is 0. The van der Waals surface area contributed by atoms with E-state index in [-0.39, 0.29) is 0 Å². The highest BCUT2D eigenvalue weighted by atomic mass is 79.9. The molecule has 2 aromatic rings. The maximum atomic E-state index is 5.10. The van der Waals surface area contributed by atoms with E-state index in [0.29, 0.717) is 17.0 Å². The zero-order chi connectivity index (χ0) is 8.39. The fourth-order valence-electron chi connectivity index (χ4n) is 0.868. The van der Waals surface area contributed by atoms with E-state index in [9.17, 15) is 0 Å². The van der Waals surface area contributed by atoms with Crippen LogP contribution in [0.25, 0.3) is 0 Å². The summed E-state index contributed by atoms with van der Waals surface area (Å²) in [6.07, 6.45) is 2.15. The Morgan fingerprint density at radius 1 is 1.50 bits per heavy atom. The molecule has 0 amide bonds. The van der Waals surface area contributed by atoms with Gasteiger partial charge in [-0.25, -0.2) is 0 Å². The topological polar surface area (TPSA) is 52.1 Å². The predicted octanol–water partition coefficient (Wildman–Crippen LogP) is 2.02. The minimum atomic E-state index is 0.462. The lowest BCUT2D eigenvalue weighted by Gasteiger charge is -1.86. The van der Waals surface area contributed by atoms with Crippen molar-refractivity contribution in [1.29, 1.82) is 0 Å². The van der Waals surface area contributed by atoms with Crippen molar-refractivity contribution >= 4 is 15.9 Å². The molecule has 0 aliphatic carbocycles. The van der Waals surface area contributed by atoms with Crippen LogP contribution in [-0.2, 0) is 6.42 Å². The van der Waals surface area contributed by atoms with Crippen molar-refractivity contribution in [2.75, 3.05) is 0 Å². The molecule has 62 valence electrons. The summed E-state index contributed by atoms with van der Waals surface area (Å²) in [6, 6.07) is 3.68. The molecule has 0 bridgehead atoms. The number of rotatable bonds is 2. The van der Waals surface area contributed by atoms with Gasteiger partial charge in [0, 0.05) is 0 Å². The van der Waals surface area contributed by atoms with Crippen LogP contribution < -0.4 is 0 Å². The van der Waals surface area contributed by atoms with Crippen LogP contribution in [-0.4, -0.2) is 10.1 Å². The highest BCUT2D eigenvalue weighted by molar-refractivity contribution is 9.10. The minimum Gasteiger partial charge on any atom is -0.469 e. The molecule has 0 aliphatic rings. The average Bonchev–Trinajstić information content (AvgIpc) is 2.63. The van der Waals surface area contributed by atoms with Gasteiger partial charge in [-0.2, -0.15) is 4.98 Å². The van der Waals surface area contributed by atoms with E-state index >= 15 is 0 Å². The van der Waals surface area contributed by atoms with Gasteiger partial charge in [0.1, 0.15) is 5.76 Å². The zero-order valence-electron chi connectivity index (χ0n) is 6.03. The number of halogens is 1. The molecule has 0 saturated carbocycles. The Morgan fingerprint density at radius 2 is 2.42 bits per heavy atom. The largest absolute Gasteiger partial charge is 0.469 e. The summed E-state index contributed by atoms with van der Waals surface area (Å²) in [5, 5.41) is 3.59. The molecule has 0 spiro atoms. The van der Waals surface area contributed by atoms with Crippen LogP contribution in [0.4, 0.5) is 0 Å². The molecule has 2 aromatic heterocycles. The van der Waals surface area contributed by atoms with Crippen LogP contribution in [0.2, 0.25) is 0 Å². The van der Waals surface area contributed by atoms with Gasteiger partial charge >= 0.3 is 0 Å². The van der Waals surface area contributed by atoms with E-state index in [1.165, 1.54) is 0 Å². The van der Waals surface area contributed by atoms with Crippen molar-refractivity contribution in [3.63, 3.8) is 0 Å². The highest BCUT2D eigenvalue weighted by Crippen LogP contribution is 2.10. The zero-order valence-corrected chi connectivity index (χ0v) is 7.61. The van der Waals surface area contributed by atoms with Gasteiger partial charge < -0.3 is 8.94 Å². The van der Waals surface area contributed by atoms with Gasteiger partial charge in [-0.3, -0.25) is 0 Å². The van der Waals surface area contributed by atoms with Crippen molar-refractivity contribution < 1.29 is 8.94 Å². The second-order valence-electron chi connectivity index (χ2n) is 2.21. The summed E-state index contributed by atoms with van der Waals surface area (Å²) in [7, 11) is 0. The molecule has 12 heavy (non-hydrogen) atoms. The molecule has 0 aromatic carbocycles. The molecular weight excluding hydrogens is 224 g/mol. The molecule has 0 atom stereocenters. The lowest BCUT2D eigenvalue weighted by atomic mass is 10.3. The Balaban J connectivity index is 2.14. The molecule has 0 saturated heterocycles. The number of hydrogen-bond donors (Lipinski definition) is 0. The summed E-state index contributed by atoms with van der Waals surface area (Å²) >= 11 is 3.09. The smallest absolute Gasteiger partial charge is 0.238 e. The maximum Gasteiger partial charge on any atom is 0.238 e. The van der Waals surface area contributed by atoms with Gasteiger partial charge in [0.25, 0.3) is 0 Å².